The Labute approximate surface area is 160 Å². The van der Waals surface area contributed by atoms with Gasteiger partial charge in [-0.15, -0.1) is 0 Å². The predicted molar refractivity (Wildman–Crippen MR) is 110 cm³/mol. The first-order valence-corrected chi connectivity index (χ1v) is 9.89. The van der Waals surface area contributed by atoms with E-state index in [0.717, 1.165) is 22.1 Å². The number of nitrogens with zero attached hydrogens (tertiary/aromatic N) is 1. The number of amidine groups is 1. The van der Waals surface area contributed by atoms with Crippen LogP contribution in [0.15, 0.2) is 62.9 Å². The van der Waals surface area contributed by atoms with Crippen molar-refractivity contribution in [3.63, 3.8) is 0 Å². The van der Waals surface area contributed by atoms with Gasteiger partial charge in [-0.05, 0) is 66.1 Å². The third-order valence-corrected chi connectivity index (χ3v) is 5.24. The van der Waals surface area contributed by atoms with Crippen LogP contribution in [0, 0.1) is 0 Å². The molecule has 5 heteroatoms. The fraction of sp³-hybridized carbons (Fsp3) is 0.200. The van der Waals surface area contributed by atoms with Crippen LogP contribution in [-0.4, -0.2) is 11.1 Å². The number of rotatable bonds is 5. The molecule has 1 fully saturated rings. The fourth-order valence-corrected chi connectivity index (χ4v) is 3.53. The summed E-state index contributed by atoms with van der Waals surface area (Å²) in [5.41, 5.74) is 3.17. The van der Waals surface area contributed by atoms with Gasteiger partial charge in [-0.1, -0.05) is 53.5 Å². The van der Waals surface area contributed by atoms with E-state index in [1.54, 1.807) is 0 Å². The smallest absolute Gasteiger partial charge is 0.264 e. The number of amides is 1. The minimum Gasteiger partial charge on any atom is -0.300 e. The van der Waals surface area contributed by atoms with E-state index in [9.17, 15) is 4.79 Å². The monoisotopic (exact) mass is 414 g/mol. The average Bonchev–Trinajstić information content (AvgIpc) is 2.95. The van der Waals surface area contributed by atoms with E-state index in [-0.39, 0.29) is 5.91 Å². The number of aliphatic imine (C=N–C) groups is 1. The van der Waals surface area contributed by atoms with Gasteiger partial charge >= 0.3 is 0 Å². The minimum atomic E-state index is -0.105. The Morgan fingerprint density at radius 2 is 1.84 bits per heavy atom. The first kappa shape index (κ1) is 18.0. The Morgan fingerprint density at radius 1 is 1.12 bits per heavy atom. The molecule has 0 atom stereocenters. The lowest BCUT2D eigenvalue weighted by Gasteiger charge is -2.01. The van der Waals surface area contributed by atoms with Crippen LogP contribution in [-0.2, 0) is 11.2 Å². The standard InChI is InChI=1S/C20H19BrN2OS/c1-2-3-4-14-7-11-17(12-8-14)22-20-23-19(24)18(25-20)13-15-5-9-16(21)10-6-15/h5-13H,2-4H2,1H3,(H,22,23,24)/b18-13-. The molecular weight excluding hydrogens is 396 g/mol. The molecular formula is C20H19BrN2OS. The number of hydrogen-bond donors (Lipinski definition) is 1. The minimum absolute atomic E-state index is 0.105. The third kappa shape index (κ3) is 5.06. The zero-order chi connectivity index (χ0) is 17.6. The molecule has 1 saturated heterocycles. The lowest BCUT2D eigenvalue weighted by molar-refractivity contribution is -0.115. The molecule has 0 unspecified atom stereocenters. The predicted octanol–water partition coefficient (Wildman–Crippen LogP) is 5.68. The maximum atomic E-state index is 12.1. The molecule has 1 N–H and O–H groups in total. The molecule has 1 aliphatic rings. The van der Waals surface area contributed by atoms with Crippen LogP contribution in [0.25, 0.3) is 6.08 Å². The topological polar surface area (TPSA) is 41.5 Å². The SMILES string of the molecule is CCCCc1ccc(N=C2NC(=O)/C(=C/c3ccc(Br)cc3)S2)cc1. The van der Waals surface area contributed by atoms with Gasteiger partial charge in [0.15, 0.2) is 5.17 Å². The molecule has 0 spiro atoms. The number of nitrogens with one attached hydrogen (secondary N) is 1. The van der Waals surface area contributed by atoms with Gasteiger partial charge in [-0.2, -0.15) is 0 Å². The van der Waals surface area contributed by atoms with Gasteiger partial charge in [0.2, 0.25) is 0 Å². The largest absolute Gasteiger partial charge is 0.300 e. The van der Waals surface area contributed by atoms with E-state index >= 15 is 0 Å². The molecule has 25 heavy (non-hydrogen) atoms. The van der Waals surface area contributed by atoms with Crippen molar-refractivity contribution >= 4 is 50.5 Å². The van der Waals surface area contributed by atoms with Crippen LogP contribution >= 0.6 is 27.7 Å². The van der Waals surface area contributed by atoms with Crippen molar-refractivity contribution in [3.8, 4) is 0 Å². The summed E-state index contributed by atoms with van der Waals surface area (Å²) < 4.78 is 1.02. The van der Waals surface area contributed by atoms with Gasteiger partial charge in [0.1, 0.15) is 0 Å². The summed E-state index contributed by atoms with van der Waals surface area (Å²) in [5.74, 6) is -0.105. The van der Waals surface area contributed by atoms with E-state index in [1.807, 2.05) is 42.5 Å². The normalized spacial score (nSPS) is 17.3. The molecule has 0 bridgehead atoms. The molecule has 1 aliphatic heterocycles. The van der Waals surface area contributed by atoms with Crippen LogP contribution in [0.5, 0.6) is 0 Å². The Balaban J connectivity index is 1.71. The van der Waals surface area contributed by atoms with Crippen LogP contribution in [0.3, 0.4) is 0 Å². The molecule has 3 rings (SSSR count). The van der Waals surface area contributed by atoms with Crippen molar-refractivity contribution in [3.05, 3.63) is 69.0 Å². The second-order valence-corrected chi connectivity index (χ2v) is 7.75. The number of carbonyl (C=O) groups is 1. The summed E-state index contributed by atoms with van der Waals surface area (Å²) in [4.78, 5) is 17.3. The lowest BCUT2D eigenvalue weighted by Crippen LogP contribution is -2.19. The maximum absolute atomic E-state index is 12.1. The number of halogens is 1. The summed E-state index contributed by atoms with van der Waals surface area (Å²) in [6.07, 6.45) is 5.37. The summed E-state index contributed by atoms with van der Waals surface area (Å²) in [6.45, 7) is 2.19. The second-order valence-electron chi connectivity index (χ2n) is 5.80. The lowest BCUT2D eigenvalue weighted by atomic mass is 10.1. The summed E-state index contributed by atoms with van der Waals surface area (Å²) in [6, 6.07) is 16.1. The van der Waals surface area contributed by atoms with Gasteiger partial charge in [0.05, 0.1) is 10.6 Å². The van der Waals surface area contributed by atoms with Crippen molar-refractivity contribution in [2.75, 3.05) is 0 Å². The quantitative estimate of drug-likeness (QED) is 0.638. The molecule has 0 aromatic heterocycles. The number of hydrogen-bond acceptors (Lipinski definition) is 3. The van der Waals surface area contributed by atoms with E-state index in [1.165, 1.54) is 30.2 Å². The average molecular weight is 415 g/mol. The molecule has 1 amide bonds. The first-order chi connectivity index (χ1) is 12.1. The highest BCUT2D eigenvalue weighted by Gasteiger charge is 2.23. The van der Waals surface area contributed by atoms with Crippen molar-refractivity contribution < 1.29 is 4.79 Å². The van der Waals surface area contributed by atoms with Crippen molar-refractivity contribution in [2.45, 2.75) is 26.2 Å². The van der Waals surface area contributed by atoms with E-state index in [2.05, 4.69) is 45.3 Å². The maximum Gasteiger partial charge on any atom is 0.264 e. The fourth-order valence-electron chi connectivity index (χ4n) is 2.43. The number of thioether (sulfide) groups is 1. The zero-order valence-electron chi connectivity index (χ0n) is 14.0. The Hall–Kier alpha value is -1.85. The third-order valence-electron chi connectivity index (χ3n) is 3.80. The van der Waals surface area contributed by atoms with Gasteiger partial charge in [0, 0.05) is 4.47 Å². The highest BCUT2D eigenvalue weighted by molar-refractivity contribution is 9.10. The first-order valence-electron chi connectivity index (χ1n) is 8.28. The Morgan fingerprint density at radius 3 is 2.52 bits per heavy atom. The summed E-state index contributed by atoms with van der Waals surface area (Å²) >= 11 is 4.78. The Bertz CT molecular complexity index is 811. The Kier molecular flexibility index (Phi) is 6.10. The van der Waals surface area contributed by atoms with Crippen molar-refractivity contribution in [1.82, 2.24) is 5.32 Å². The summed E-state index contributed by atoms with van der Waals surface area (Å²) in [5, 5.41) is 3.45. The van der Waals surface area contributed by atoms with E-state index < -0.39 is 0 Å². The van der Waals surface area contributed by atoms with Crippen molar-refractivity contribution in [2.24, 2.45) is 4.99 Å². The van der Waals surface area contributed by atoms with Crippen LogP contribution in [0.4, 0.5) is 5.69 Å². The zero-order valence-corrected chi connectivity index (χ0v) is 16.4. The molecule has 2 aromatic rings. The van der Waals surface area contributed by atoms with Crippen LogP contribution < -0.4 is 5.32 Å². The second kappa shape index (κ2) is 8.50. The molecule has 0 radical (unpaired) electrons. The highest BCUT2D eigenvalue weighted by Crippen LogP contribution is 2.28. The van der Waals surface area contributed by atoms with E-state index in [4.69, 9.17) is 0 Å². The number of unbranched alkanes of at least 4 members (excludes halogenated alkanes) is 1. The molecule has 2 aromatic carbocycles. The van der Waals surface area contributed by atoms with Gasteiger partial charge in [-0.3, -0.25) is 4.79 Å². The van der Waals surface area contributed by atoms with E-state index in [0.29, 0.717) is 10.1 Å². The summed E-state index contributed by atoms with van der Waals surface area (Å²) in [7, 11) is 0. The van der Waals surface area contributed by atoms with Crippen LogP contribution in [0.1, 0.15) is 30.9 Å². The molecule has 3 nitrogen and oxygen atoms in total. The highest BCUT2D eigenvalue weighted by atomic mass is 79.9. The molecule has 1 heterocycles. The van der Waals surface area contributed by atoms with Gasteiger partial charge in [0.25, 0.3) is 5.91 Å². The molecule has 0 aliphatic carbocycles. The molecule has 128 valence electrons. The van der Waals surface area contributed by atoms with Crippen LogP contribution in [0.2, 0.25) is 0 Å². The van der Waals surface area contributed by atoms with Crippen molar-refractivity contribution in [1.29, 1.82) is 0 Å². The number of carbonyl (C=O) groups excluding carboxylic acids is 1. The number of aryl methyl sites for hydroxylation is 1. The van der Waals surface area contributed by atoms with Gasteiger partial charge < -0.3 is 5.32 Å². The molecule has 0 saturated carbocycles. The van der Waals surface area contributed by atoms with Gasteiger partial charge in [-0.25, -0.2) is 4.99 Å². The number of benzene rings is 2.